The first-order valence-corrected chi connectivity index (χ1v) is 8.17. The van der Waals surface area contributed by atoms with Crippen LogP contribution >= 0.6 is 12.4 Å². The molecule has 0 spiro atoms. The van der Waals surface area contributed by atoms with Crippen LogP contribution in [0.3, 0.4) is 0 Å². The van der Waals surface area contributed by atoms with Crippen LogP contribution in [0.4, 0.5) is 0 Å². The number of nitrogens with two attached hydrogens (primary N) is 1. The maximum absolute atomic E-state index is 12.4. The summed E-state index contributed by atoms with van der Waals surface area (Å²) in [6.45, 7) is 7.32. The van der Waals surface area contributed by atoms with E-state index in [0.29, 0.717) is 30.3 Å². The lowest BCUT2D eigenvalue weighted by atomic mass is 9.74. The summed E-state index contributed by atoms with van der Waals surface area (Å²) in [5.41, 5.74) is 5.60. The first-order chi connectivity index (χ1) is 9.51. The van der Waals surface area contributed by atoms with Crippen LogP contribution in [-0.2, 0) is 9.53 Å². The number of carbonyl (C=O) groups excluding carboxylic acids is 1. The molecule has 3 unspecified atom stereocenters. The average Bonchev–Trinajstić information content (AvgIpc) is 2.87. The van der Waals surface area contributed by atoms with Crippen molar-refractivity contribution in [1.82, 2.24) is 5.32 Å². The molecule has 2 fully saturated rings. The summed E-state index contributed by atoms with van der Waals surface area (Å²) in [7, 11) is 0. The Bertz CT molecular complexity index is 338. The normalized spacial score (nSPS) is 36.3. The smallest absolute Gasteiger partial charge is 0.249 e. The molecule has 124 valence electrons. The van der Waals surface area contributed by atoms with Crippen molar-refractivity contribution in [2.75, 3.05) is 6.54 Å². The largest absolute Gasteiger partial charge is 0.364 e. The third-order valence-electron chi connectivity index (χ3n) is 5.01. The summed E-state index contributed by atoms with van der Waals surface area (Å²) in [4.78, 5) is 12.4. The maximum atomic E-state index is 12.4. The molecule has 4 nitrogen and oxygen atoms in total. The molecule has 3 N–H and O–H groups in total. The average molecular weight is 319 g/mol. The van der Waals surface area contributed by atoms with E-state index in [4.69, 9.17) is 10.5 Å². The Kier molecular flexibility index (Phi) is 7.45. The Balaban J connectivity index is 0.00000220. The number of ether oxygens (including phenoxy) is 1. The molecule has 5 heteroatoms. The number of hydrogen-bond donors (Lipinski definition) is 2. The number of hydrogen-bond acceptors (Lipinski definition) is 3. The lowest BCUT2D eigenvalue weighted by Crippen LogP contribution is -2.48. The molecule has 0 aromatic heterocycles. The van der Waals surface area contributed by atoms with Crippen molar-refractivity contribution in [3.8, 4) is 0 Å². The topological polar surface area (TPSA) is 64.4 Å². The molecule has 1 saturated heterocycles. The predicted molar refractivity (Wildman–Crippen MR) is 87.5 cm³/mol. The van der Waals surface area contributed by atoms with Crippen LogP contribution in [0, 0.1) is 17.8 Å². The van der Waals surface area contributed by atoms with E-state index in [-0.39, 0.29) is 30.5 Å². The minimum Gasteiger partial charge on any atom is -0.364 e. The molecule has 2 aliphatic rings. The van der Waals surface area contributed by atoms with Gasteiger partial charge in [-0.15, -0.1) is 12.4 Å². The third-order valence-corrected chi connectivity index (χ3v) is 5.01. The standard InChI is InChI=1S/C16H30N2O2.ClH/c1-10(2)13-6-4-11(3)8-14(13)18-16(19)15-7-5-12(9-17)20-15;/h10-15H,4-9,17H2,1-3H3,(H,18,19);1H/t11?,12-,13?,14?,15+;/m1./s1. The van der Waals surface area contributed by atoms with Gasteiger partial charge in [0.25, 0.3) is 0 Å². The van der Waals surface area contributed by atoms with Gasteiger partial charge in [0.05, 0.1) is 6.10 Å². The molecule has 1 aliphatic heterocycles. The Morgan fingerprint density at radius 2 is 2.00 bits per heavy atom. The molecule has 1 saturated carbocycles. The molecule has 0 aromatic rings. The zero-order valence-electron chi connectivity index (χ0n) is 13.5. The van der Waals surface area contributed by atoms with E-state index in [1.807, 2.05) is 0 Å². The highest BCUT2D eigenvalue weighted by Gasteiger charge is 2.35. The molecule has 1 aliphatic carbocycles. The van der Waals surface area contributed by atoms with Gasteiger partial charge in [0.15, 0.2) is 0 Å². The monoisotopic (exact) mass is 318 g/mol. The molecule has 1 amide bonds. The van der Waals surface area contributed by atoms with Gasteiger partial charge in [-0.1, -0.05) is 27.2 Å². The number of halogens is 1. The highest BCUT2D eigenvalue weighted by molar-refractivity contribution is 5.85. The van der Waals surface area contributed by atoms with Gasteiger partial charge in [-0.3, -0.25) is 4.79 Å². The summed E-state index contributed by atoms with van der Waals surface area (Å²) in [6, 6.07) is 0.312. The maximum Gasteiger partial charge on any atom is 0.249 e. The van der Waals surface area contributed by atoms with Crippen molar-refractivity contribution in [2.45, 2.75) is 71.1 Å². The van der Waals surface area contributed by atoms with E-state index in [9.17, 15) is 4.79 Å². The van der Waals surface area contributed by atoms with E-state index in [1.54, 1.807) is 0 Å². The van der Waals surface area contributed by atoms with Crippen LogP contribution in [0.2, 0.25) is 0 Å². The van der Waals surface area contributed by atoms with E-state index in [0.717, 1.165) is 19.3 Å². The number of rotatable bonds is 4. The van der Waals surface area contributed by atoms with Crippen LogP contribution < -0.4 is 11.1 Å². The van der Waals surface area contributed by atoms with Crippen molar-refractivity contribution >= 4 is 18.3 Å². The first-order valence-electron chi connectivity index (χ1n) is 8.17. The van der Waals surface area contributed by atoms with E-state index >= 15 is 0 Å². The molecule has 1 heterocycles. The van der Waals surface area contributed by atoms with Gasteiger partial charge in [-0.2, -0.15) is 0 Å². The summed E-state index contributed by atoms with van der Waals surface area (Å²) in [5.74, 6) is 2.00. The van der Waals surface area contributed by atoms with Gasteiger partial charge in [0.2, 0.25) is 5.91 Å². The second kappa shape index (κ2) is 8.35. The second-order valence-corrected chi connectivity index (χ2v) is 7.00. The fourth-order valence-electron chi connectivity index (χ4n) is 3.72. The Hall–Kier alpha value is -0.320. The SMILES string of the molecule is CC1CCC(C(C)C)C(NC(=O)[C@@H]2CC[C@H](CN)O2)C1.Cl. The molecule has 0 bridgehead atoms. The van der Waals surface area contributed by atoms with Gasteiger partial charge >= 0.3 is 0 Å². The van der Waals surface area contributed by atoms with Gasteiger partial charge in [0, 0.05) is 12.6 Å². The van der Waals surface area contributed by atoms with Crippen LogP contribution in [0.1, 0.15) is 52.9 Å². The van der Waals surface area contributed by atoms with Crippen LogP contribution in [0.5, 0.6) is 0 Å². The van der Waals surface area contributed by atoms with Crippen LogP contribution in [-0.4, -0.2) is 30.7 Å². The first kappa shape index (κ1) is 18.7. The van der Waals surface area contributed by atoms with Crippen LogP contribution in [0.15, 0.2) is 0 Å². The zero-order valence-corrected chi connectivity index (χ0v) is 14.3. The zero-order chi connectivity index (χ0) is 14.7. The summed E-state index contributed by atoms with van der Waals surface area (Å²) < 4.78 is 5.70. The molecule has 5 atom stereocenters. The minimum atomic E-state index is -0.284. The number of carbonyl (C=O) groups is 1. The molecular formula is C16H31ClN2O2. The predicted octanol–water partition coefficient (Wildman–Crippen LogP) is 2.49. The quantitative estimate of drug-likeness (QED) is 0.837. The van der Waals surface area contributed by atoms with Crippen molar-refractivity contribution in [3.05, 3.63) is 0 Å². The van der Waals surface area contributed by atoms with Crippen molar-refractivity contribution in [1.29, 1.82) is 0 Å². The molecule has 0 aromatic carbocycles. The molecule has 2 rings (SSSR count). The highest BCUT2D eigenvalue weighted by Crippen LogP contribution is 2.33. The Labute approximate surface area is 135 Å². The van der Waals surface area contributed by atoms with Crippen LogP contribution in [0.25, 0.3) is 0 Å². The molecule has 0 radical (unpaired) electrons. The van der Waals surface area contributed by atoms with Gasteiger partial charge in [0.1, 0.15) is 6.10 Å². The van der Waals surface area contributed by atoms with Crippen molar-refractivity contribution < 1.29 is 9.53 Å². The van der Waals surface area contributed by atoms with Gasteiger partial charge in [-0.25, -0.2) is 0 Å². The van der Waals surface area contributed by atoms with Crippen molar-refractivity contribution in [2.24, 2.45) is 23.5 Å². The summed E-state index contributed by atoms with van der Waals surface area (Å²) in [6.07, 6.45) is 5.10. The van der Waals surface area contributed by atoms with Gasteiger partial charge in [-0.05, 0) is 43.4 Å². The van der Waals surface area contributed by atoms with E-state index < -0.39 is 0 Å². The van der Waals surface area contributed by atoms with Crippen molar-refractivity contribution in [3.63, 3.8) is 0 Å². The summed E-state index contributed by atoms with van der Waals surface area (Å²) >= 11 is 0. The van der Waals surface area contributed by atoms with E-state index in [2.05, 4.69) is 26.1 Å². The second-order valence-electron chi connectivity index (χ2n) is 7.00. The Morgan fingerprint density at radius 1 is 1.29 bits per heavy atom. The molecular weight excluding hydrogens is 288 g/mol. The third kappa shape index (κ3) is 4.83. The highest BCUT2D eigenvalue weighted by atomic mass is 35.5. The fourth-order valence-corrected chi connectivity index (χ4v) is 3.72. The molecule has 21 heavy (non-hydrogen) atoms. The number of amides is 1. The Morgan fingerprint density at radius 3 is 2.57 bits per heavy atom. The van der Waals surface area contributed by atoms with E-state index in [1.165, 1.54) is 12.8 Å². The minimum absolute atomic E-state index is 0. The fraction of sp³-hybridized carbons (Fsp3) is 0.938. The van der Waals surface area contributed by atoms with Gasteiger partial charge < -0.3 is 15.8 Å². The summed E-state index contributed by atoms with van der Waals surface area (Å²) in [5, 5.41) is 3.26. The number of nitrogens with one attached hydrogen (secondary N) is 1. The lowest BCUT2D eigenvalue weighted by molar-refractivity contribution is -0.133. The lowest BCUT2D eigenvalue weighted by Gasteiger charge is -2.38.